The van der Waals surface area contributed by atoms with Crippen LogP contribution in [0.25, 0.3) is 89.7 Å². The van der Waals surface area contributed by atoms with Crippen molar-refractivity contribution in [2.24, 2.45) is 0 Å². The van der Waals surface area contributed by atoms with Gasteiger partial charge in [-0.2, -0.15) is 0 Å². The van der Waals surface area contributed by atoms with E-state index in [9.17, 15) is 0 Å². The van der Waals surface area contributed by atoms with Crippen molar-refractivity contribution in [2.45, 2.75) is 0 Å². The van der Waals surface area contributed by atoms with Gasteiger partial charge in [-0.3, -0.25) is 19.9 Å². The molecule has 0 spiro atoms. The Kier molecular flexibility index (Phi) is 8.92. The molecule has 1 aliphatic rings. The number of nitrogens with zero attached hydrogens (tertiary/aromatic N) is 11. The van der Waals surface area contributed by atoms with Gasteiger partial charge in [0.2, 0.25) is 0 Å². The molecular formula is C59H37N11. The van der Waals surface area contributed by atoms with Gasteiger partial charge in [-0.1, -0.05) is 103 Å². The maximum Gasteiger partial charge on any atom is 0.164 e. The van der Waals surface area contributed by atoms with Crippen LogP contribution in [-0.2, 0) is 0 Å². The van der Waals surface area contributed by atoms with Crippen molar-refractivity contribution in [3.8, 4) is 45.5 Å². The highest BCUT2D eigenvalue weighted by Crippen LogP contribution is 2.57. The fourth-order valence-corrected chi connectivity index (χ4v) is 10.1. The Bertz CT molecular complexity index is 3800. The van der Waals surface area contributed by atoms with Gasteiger partial charge in [0.1, 0.15) is 22.1 Å². The fourth-order valence-electron chi connectivity index (χ4n) is 10.1. The summed E-state index contributed by atoms with van der Waals surface area (Å²) in [6, 6.07) is 68.8. The minimum atomic E-state index is 0.505. The first kappa shape index (κ1) is 39.3. The van der Waals surface area contributed by atoms with E-state index < -0.39 is 0 Å². The van der Waals surface area contributed by atoms with E-state index in [1.54, 1.807) is 0 Å². The molecule has 0 unspecified atom stereocenters. The van der Waals surface area contributed by atoms with Crippen molar-refractivity contribution in [3.63, 3.8) is 0 Å². The number of anilines is 6. The van der Waals surface area contributed by atoms with Crippen LogP contribution in [0.4, 0.5) is 34.1 Å². The third kappa shape index (κ3) is 6.12. The zero-order valence-corrected chi connectivity index (χ0v) is 37.3. The summed E-state index contributed by atoms with van der Waals surface area (Å²) in [5, 5.41) is 0. The molecule has 0 atom stereocenters. The molecule has 0 saturated carbocycles. The summed E-state index contributed by atoms with van der Waals surface area (Å²) >= 11 is 0. The van der Waals surface area contributed by atoms with E-state index in [4.69, 9.17) is 34.9 Å². The molecule has 0 amide bonds. The standard InChI is InChI=1S/C59H37N11/c1-4-18-38(19-5-1)57-64-58(39-20-6-2-7-21-39)66-59(65-57)40-36-50(68-46-28-14-32-60-52(46)53-47(68)29-15-33-61-53)56(51(37-40)69-48-30-16-34-62-54(48)55-49(69)31-17-35-63-55)70-44-26-12-10-24-42(44)67(41-22-8-3-9-23-41)43-25-11-13-27-45(43)70/h1-37H. The molecule has 0 saturated heterocycles. The van der Waals surface area contributed by atoms with Crippen molar-refractivity contribution >= 4 is 78.3 Å². The van der Waals surface area contributed by atoms with Crippen LogP contribution >= 0.6 is 0 Å². The number of rotatable bonds is 7. The molecule has 7 aromatic heterocycles. The summed E-state index contributed by atoms with van der Waals surface area (Å²) in [5.41, 5.74) is 16.8. The SMILES string of the molecule is c1ccc(-c2nc(-c3ccccc3)nc(-c3cc(-n4c5cccnc5c5ncccc54)c(N4c5ccccc5N(c5ccccc5)c5ccccc54)c(-n4c5cccnc5c5ncccc54)c3)n2)cc1. The van der Waals surface area contributed by atoms with E-state index in [0.717, 1.165) is 106 Å². The minimum Gasteiger partial charge on any atom is -0.306 e. The van der Waals surface area contributed by atoms with Crippen LogP contribution in [0.3, 0.4) is 0 Å². The molecule has 11 heteroatoms. The second kappa shape index (κ2) is 15.9. The Morgan fingerprint density at radius 1 is 0.271 bits per heavy atom. The van der Waals surface area contributed by atoms with Gasteiger partial charge in [-0.25, -0.2) is 15.0 Å². The molecule has 14 rings (SSSR count). The zero-order valence-electron chi connectivity index (χ0n) is 37.3. The monoisotopic (exact) mass is 899 g/mol. The number of para-hydroxylation sites is 5. The fraction of sp³-hybridized carbons (Fsp3) is 0. The third-order valence-corrected chi connectivity index (χ3v) is 13.0. The molecule has 0 bridgehead atoms. The number of aromatic nitrogens is 9. The van der Waals surface area contributed by atoms with E-state index in [1.165, 1.54) is 0 Å². The molecule has 70 heavy (non-hydrogen) atoms. The van der Waals surface area contributed by atoms with Crippen molar-refractivity contribution < 1.29 is 0 Å². The molecule has 11 nitrogen and oxygen atoms in total. The summed E-state index contributed by atoms with van der Waals surface area (Å²) in [5.74, 6) is 1.63. The molecule has 0 radical (unpaired) electrons. The van der Waals surface area contributed by atoms with Gasteiger partial charge >= 0.3 is 0 Å². The van der Waals surface area contributed by atoms with Crippen LogP contribution < -0.4 is 9.80 Å². The zero-order chi connectivity index (χ0) is 46.1. The molecular weight excluding hydrogens is 863 g/mol. The van der Waals surface area contributed by atoms with E-state index in [-0.39, 0.29) is 0 Å². The van der Waals surface area contributed by atoms with Gasteiger partial charge in [0, 0.05) is 47.2 Å². The molecule has 13 aromatic rings. The predicted molar refractivity (Wildman–Crippen MR) is 279 cm³/mol. The lowest BCUT2D eigenvalue weighted by Gasteiger charge is -2.41. The van der Waals surface area contributed by atoms with Crippen molar-refractivity contribution in [3.05, 3.63) is 225 Å². The second-order valence-corrected chi connectivity index (χ2v) is 17.0. The molecule has 1 aliphatic heterocycles. The smallest absolute Gasteiger partial charge is 0.164 e. The van der Waals surface area contributed by atoms with Crippen molar-refractivity contribution in [1.29, 1.82) is 0 Å². The predicted octanol–water partition coefficient (Wildman–Crippen LogP) is 13.9. The Morgan fingerprint density at radius 3 is 0.986 bits per heavy atom. The highest BCUT2D eigenvalue weighted by Gasteiger charge is 2.35. The quantitative estimate of drug-likeness (QED) is 0.155. The van der Waals surface area contributed by atoms with Gasteiger partial charge < -0.3 is 18.9 Å². The lowest BCUT2D eigenvalue weighted by atomic mass is 10.0. The second-order valence-electron chi connectivity index (χ2n) is 17.0. The summed E-state index contributed by atoms with van der Waals surface area (Å²) in [6.45, 7) is 0. The van der Waals surface area contributed by atoms with Gasteiger partial charge in [0.05, 0.1) is 61.9 Å². The maximum absolute atomic E-state index is 5.34. The average molecular weight is 900 g/mol. The summed E-state index contributed by atoms with van der Waals surface area (Å²) in [6.07, 6.45) is 7.33. The Labute approximate surface area is 401 Å². The minimum absolute atomic E-state index is 0.505. The van der Waals surface area contributed by atoms with Crippen LogP contribution in [0.1, 0.15) is 0 Å². The van der Waals surface area contributed by atoms with Crippen LogP contribution in [0.5, 0.6) is 0 Å². The molecule has 0 N–H and O–H groups in total. The molecule has 0 aliphatic carbocycles. The first-order valence-corrected chi connectivity index (χ1v) is 23.1. The van der Waals surface area contributed by atoms with E-state index >= 15 is 0 Å². The van der Waals surface area contributed by atoms with E-state index in [0.29, 0.717) is 17.5 Å². The number of benzene rings is 6. The maximum atomic E-state index is 5.34. The Hall–Kier alpha value is -9.87. The first-order valence-electron chi connectivity index (χ1n) is 23.1. The van der Waals surface area contributed by atoms with Gasteiger partial charge in [0.25, 0.3) is 0 Å². The summed E-state index contributed by atoms with van der Waals surface area (Å²) < 4.78 is 4.59. The van der Waals surface area contributed by atoms with Crippen LogP contribution in [-0.4, -0.2) is 44.0 Å². The number of fused-ring (bicyclic) bond motifs is 8. The topological polar surface area (TPSA) is 107 Å². The van der Waals surface area contributed by atoms with Gasteiger partial charge in [0.15, 0.2) is 17.5 Å². The van der Waals surface area contributed by atoms with Crippen molar-refractivity contribution in [2.75, 3.05) is 9.80 Å². The van der Waals surface area contributed by atoms with Crippen LogP contribution in [0, 0.1) is 0 Å². The molecule has 0 fully saturated rings. The Morgan fingerprint density at radius 2 is 0.600 bits per heavy atom. The van der Waals surface area contributed by atoms with Gasteiger partial charge in [-0.05, 0) is 97.1 Å². The average Bonchev–Trinajstić information content (AvgIpc) is 3.96. The Balaban J connectivity index is 1.18. The van der Waals surface area contributed by atoms with Crippen LogP contribution in [0.2, 0.25) is 0 Å². The lowest BCUT2D eigenvalue weighted by Crippen LogP contribution is -2.25. The molecule has 6 aromatic carbocycles. The van der Waals surface area contributed by atoms with Gasteiger partial charge in [-0.15, -0.1) is 0 Å². The third-order valence-electron chi connectivity index (χ3n) is 13.0. The number of pyridine rings is 4. The van der Waals surface area contributed by atoms with Crippen molar-refractivity contribution in [1.82, 2.24) is 44.0 Å². The first-order chi connectivity index (χ1) is 34.8. The van der Waals surface area contributed by atoms with E-state index in [1.807, 2.05) is 110 Å². The summed E-state index contributed by atoms with van der Waals surface area (Å²) in [7, 11) is 0. The highest BCUT2D eigenvalue weighted by atomic mass is 15.3. The largest absolute Gasteiger partial charge is 0.306 e. The number of hydrogen-bond donors (Lipinski definition) is 0. The number of hydrogen-bond acceptors (Lipinski definition) is 9. The lowest BCUT2D eigenvalue weighted by molar-refractivity contribution is 1.06. The molecule has 328 valence electrons. The normalized spacial score (nSPS) is 12.2. The summed E-state index contributed by atoms with van der Waals surface area (Å²) in [4.78, 5) is 40.5. The van der Waals surface area contributed by atoms with Crippen LogP contribution in [0.15, 0.2) is 225 Å². The highest BCUT2D eigenvalue weighted by molar-refractivity contribution is 6.11. The molecule has 8 heterocycles. The van der Waals surface area contributed by atoms with E-state index in [2.05, 4.69) is 134 Å².